The van der Waals surface area contributed by atoms with E-state index in [1.54, 1.807) is 6.20 Å². The Balaban J connectivity index is 1.41. The molecular weight excluding hydrogens is 440 g/mol. The van der Waals surface area contributed by atoms with Gasteiger partial charge in [0.1, 0.15) is 0 Å². The molecule has 4 rings (SSSR count). The molecule has 2 amide bonds. The van der Waals surface area contributed by atoms with Crippen LogP contribution < -0.4 is 10.9 Å². The molecule has 3 N–H and O–H groups in total. The molecule has 1 aromatic heterocycles. The largest absolute Gasteiger partial charge is 0.361 e. The SMILES string of the molecule is CC1CC(C)CN(S(=O)(=O)c2cccc(C(=O)NNC(=O)Cc3c[nH]c4ccccc34)c2)C1. The molecule has 3 aromatic rings. The second-order valence-electron chi connectivity index (χ2n) is 8.83. The molecule has 174 valence electrons. The number of rotatable bonds is 5. The number of benzene rings is 2. The highest BCUT2D eigenvalue weighted by atomic mass is 32.2. The zero-order valence-corrected chi connectivity index (χ0v) is 19.5. The Morgan fingerprint density at radius 3 is 2.52 bits per heavy atom. The van der Waals surface area contributed by atoms with Gasteiger partial charge in [-0.3, -0.25) is 20.4 Å². The molecule has 0 radical (unpaired) electrons. The molecule has 2 unspecified atom stereocenters. The standard InChI is InChI=1S/C24H28N4O4S/c1-16-10-17(2)15-28(14-16)33(31,32)20-7-5-6-18(11-20)24(30)27-26-23(29)12-19-13-25-22-9-4-3-8-21(19)22/h3-9,11,13,16-17,25H,10,12,14-15H2,1-2H3,(H,26,29)(H,27,30). The van der Waals surface area contributed by atoms with Crippen molar-refractivity contribution in [2.45, 2.75) is 31.6 Å². The van der Waals surface area contributed by atoms with Gasteiger partial charge >= 0.3 is 0 Å². The van der Waals surface area contributed by atoms with Gasteiger partial charge in [0.15, 0.2) is 0 Å². The van der Waals surface area contributed by atoms with Crippen LogP contribution in [0.3, 0.4) is 0 Å². The molecule has 9 heteroatoms. The lowest BCUT2D eigenvalue weighted by atomic mass is 9.94. The van der Waals surface area contributed by atoms with Gasteiger partial charge in [0.05, 0.1) is 11.3 Å². The second kappa shape index (κ2) is 9.36. The third-order valence-electron chi connectivity index (χ3n) is 5.91. The Labute approximate surface area is 193 Å². The van der Waals surface area contributed by atoms with Crippen molar-refractivity contribution in [2.75, 3.05) is 13.1 Å². The number of aromatic nitrogens is 1. The lowest BCUT2D eigenvalue weighted by Crippen LogP contribution is -2.43. The number of H-pyrrole nitrogens is 1. The first-order chi connectivity index (χ1) is 15.7. The monoisotopic (exact) mass is 468 g/mol. The van der Waals surface area contributed by atoms with Crippen molar-refractivity contribution in [3.63, 3.8) is 0 Å². The molecule has 0 spiro atoms. The van der Waals surface area contributed by atoms with Gasteiger partial charge in [-0.25, -0.2) is 8.42 Å². The van der Waals surface area contributed by atoms with E-state index in [-0.39, 0.29) is 34.6 Å². The van der Waals surface area contributed by atoms with Crippen LogP contribution >= 0.6 is 0 Å². The number of piperidine rings is 1. The molecular formula is C24H28N4O4S. The summed E-state index contributed by atoms with van der Waals surface area (Å²) in [6, 6.07) is 13.5. The molecule has 2 aromatic carbocycles. The van der Waals surface area contributed by atoms with Crippen LogP contribution in [-0.2, 0) is 21.2 Å². The summed E-state index contributed by atoms with van der Waals surface area (Å²) < 4.78 is 27.7. The summed E-state index contributed by atoms with van der Waals surface area (Å²) >= 11 is 0. The highest BCUT2D eigenvalue weighted by Crippen LogP contribution is 2.27. The fourth-order valence-electron chi connectivity index (χ4n) is 4.44. The molecule has 0 bridgehead atoms. The number of amides is 2. The Morgan fingerprint density at radius 2 is 1.76 bits per heavy atom. The van der Waals surface area contributed by atoms with Crippen LogP contribution in [0.4, 0.5) is 0 Å². The predicted molar refractivity (Wildman–Crippen MR) is 126 cm³/mol. The summed E-state index contributed by atoms with van der Waals surface area (Å²) in [5, 5.41) is 0.943. The number of hydrogen-bond acceptors (Lipinski definition) is 4. The minimum absolute atomic E-state index is 0.0709. The summed E-state index contributed by atoms with van der Waals surface area (Å²) in [5.74, 6) is -0.405. The molecule has 2 heterocycles. The summed E-state index contributed by atoms with van der Waals surface area (Å²) in [4.78, 5) is 28.1. The maximum Gasteiger partial charge on any atom is 0.269 e. The van der Waals surface area contributed by atoms with Crippen LogP contribution in [0.1, 0.15) is 36.2 Å². The Kier molecular flexibility index (Phi) is 6.53. The van der Waals surface area contributed by atoms with E-state index in [0.29, 0.717) is 13.1 Å². The third-order valence-corrected chi connectivity index (χ3v) is 7.74. The van der Waals surface area contributed by atoms with Gasteiger partial charge in [0.25, 0.3) is 5.91 Å². The number of nitrogens with one attached hydrogen (secondary N) is 3. The van der Waals surface area contributed by atoms with Crippen LogP contribution in [0.5, 0.6) is 0 Å². The summed E-state index contributed by atoms with van der Waals surface area (Å²) in [7, 11) is -3.71. The summed E-state index contributed by atoms with van der Waals surface area (Å²) in [6.07, 6.45) is 2.85. The number of sulfonamides is 1. The zero-order chi connectivity index (χ0) is 23.6. The van der Waals surface area contributed by atoms with E-state index in [4.69, 9.17) is 0 Å². The molecule has 1 saturated heterocycles. The molecule has 1 aliphatic heterocycles. The van der Waals surface area contributed by atoms with E-state index >= 15 is 0 Å². The lowest BCUT2D eigenvalue weighted by Gasteiger charge is -2.34. The lowest BCUT2D eigenvalue weighted by molar-refractivity contribution is -0.121. The fourth-order valence-corrected chi connectivity index (χ4v) is 6.17. The first-order valence-electron chi connectivity index (χ1n) is 11.0. The number of fused-ring (bicyclic) bond motifs is 1. The zero-order valence-electron chi connectivity index (χ0n) is 18.7. The third kappa shape index (κ3) is 5.09. The van der Waals surface area contributed by atoms with Crippen molar-refractivity contribution in [3.05, 3.63) is 65.9 Å². The van der Waals surface area contributed by atoms with Gasteiger partial charge in [-0.2, -0.15) is 4.31 Å². The molecule has 0 saturated carbocycles. The van der Waals surface area contributed by atoms with Gasteiger partial charge in [-0.1, -0.05) is 38.1 Å². The maximum atomic E-state index is 13.1. The van der Waals surface area contributed by atoms with Crippen molar-refractivity contribution in [1.82, 2.24) is 20.1 Å². The molecule has 0 aliphatic carbocycles. The number of carbonyl (C=O) groups is 2. The van der Waals surface area contributed by atoms with Gasteiger partial charge in [-0.05, 0) is 48.1 Å². The van der Waals surface area contributed by atoms with Crippen LogP contribution in [-0.4, -0.2) is 42.6 Å². The quantitative estimate of drug-likeness (QED) is 0.500. The van der Waals surface area contributed by atoms with Gasteiger partial charge in [-0.15, -0.1) is 0 Å². The molecule has 1 aliphatic rings. The molecule has 33 heavy (non-hydrogen) atoms. The van der Waals surface area contributed by atoms with Crippen molar-refractivity contribution in [2.24, 2.45) is 11.8 Å². The number of hydrogen-bond donors (Lipinski definition) is 3. The number of para-hydroxylation sites is 1. The first kappa shape index (κ1) is 23.0. The van der Waals surface area contributed by atoms with E-state index in [1.165, 1.54) is 28.6 Å². The van der Waals surface area contributed by atoms with E-state index in [1.807, 2.05) is 38.1 Å². The van der Waals surface area contributed by atoms with Crippen LogP contribution in [0.2, 0.25) is 0 Å². The fraction of sp³-hybridized carbons (Fsp3) is 0.333. The maximum absolute atomic E-state index is 13.1. The second-order valence-corrected chi connectivity index (χ2v) is 10.8. The van der Waals surface area contributed by atoms with Crippen molar-refractivity contribution in [3.8, 4) is 0 Å². The topological polar surface area (TPSA) is 111 Å². The highest BCUT2D eigenvalue weighted by Gasteiger charge is 2.32. The van der Waals surface area contributed by atoms with E-state index in [2.05, 4.69) is 15.8 Å². The number of nitrogens with zero attached hydrogens (tertiary/aromatic N) is 1. The Hall–Kier alpha value is -3.17. The van der Waals surface area contributed by atoms with Gasteiger partial charge < -0.3 is 4.98 Å². The van der Waals surface area contributed by atoms with Crippen molar-refractivity contribution in [1.29, 1.82) is 0 Å². The minimum Gasteiger partial charge on any atom is -0.361 e. The van der Waals surface area contributed by atoms with Crippen molar-refractivity contribution >= 4 is 32.7 Å². The number of carbonyl (C=O) groups excluding carboxylic acids is 2. The Morgan fingerprint density at radius 1 is 1.03 bits per heavy atom. The highest BCUT2D eigenvalue weighted by molar-refractivity contribution is 7.89. The van der Waals surface area contributed by atoms with Crippen molar-refractivity contribution < 1.29 is 18.0 Å². The number of hydrazine groups is 1. The summed E-state index contributed by atoms with van der Waals surface area (Å²) in [6.45, 7) is 5.02. The van der Waals surface area contributed by atoms with Crippen LogP contribution in [0.15, 0.2) is 59.6 Å². The normalized spacial score (nSPS) is 19.3. The number of aromatic amines is 1. The first-order valence-corrected chi connectivity index (χ1v) is 12.4. The molecule has 8 nitrogen and oxygen atoms in total. The molecule has 1 fully saturated rings. The van der Waals surface area contributed by atoms with E-state index < -0.39 is 15.9 Å². The van der Waals surface area contributed by atoms with E-state index in [0.717, 1.165) is 22.9 Å². The summed E-state index contributed by atoms with van der Waals surface area (Å²) in [5.41, 5.74) is 6.68. The van der Waals surface area contributed by atoms with E-state index in [9.17, 15) is 18.0 Å². The minimum atomic E-state index is -3.71. The average molecular weight is 469 g/mol. The Bertz CT molecular complexity index is 1270. The predicted octanol–water partition coefficient (Wildman–Crippen LogP) is 2.84. The van der Waals surface area contributed by atoms with Gasteiger partial charge in [0, 0.05) is 35.8 Å². The smallest absolute Gasteiger partial charge is 0.269 e. The molecule has 2 atom stereocenters. The van der Waals surface area contributed by atoms with Gasteiger partial charge in [0.2, 0.25) is 15.9 Å². The van der Waals surface area contributed by atoms with Crippen LogP contribution in [0, 0.1) is 11.8 Å². The van der Waals surface area contributed by atoms with Crippen LogP contribution in [0.25, 0.3) is 10.9 Å². The average Bonchev–Trinajstić information content (AvgIpc) is 3.19.